The van der Waals surface area contributed by atoms with Gasteiger partial charge in [-0.1, -0.05) is 0 Å². The summed E-state index contributed by atoms with van der Waals surface area (Å²) in [6, 6.07) is 5.75. The zero-order valence-corrected chi connectivity index (χ0v) is 11.9. The fraction of sp³-hybridized carbons (Fsp3) is 0.467. The lowest BCUT2D eigenvalue weighted by molar-refractivity contribution is -0.122. The van der Waals surface area contributed by atoms with E-state index >= 15 is 0 Å². The predicted molar refractivity (Wildman–Crippen MR) is 79.6 cm³/mol. The molecule has 1 aromatic rings. The van der Waals surface area contributed by atoms with Crippen LogP contribution < -0.4 is 16.4 Å². The maximum Gasteiger partial charge on any atom is 0.222 e. The van der Waals surface area contributed by atoms with Gasteiger partial charge in [-0.05, 0) is 44.9 Å². The number of nitrogen functional groups attached to an aromatic ring is 1. The minimum Gasteiger partial charge on any atom is -0.398 e. The number of carbonyl (C=O) groups is 2. The second-order valence-electron chi connectivity index (χ2n) is 5.51. The summed E-state index contributed by atoms with van der Waals surface area (Å²) >= 11 is 0. The molecule has 1 heterocycles. The first kappa shape index (κ1) is 14.4. The lowest BCUT2D eigenvalue weighted by Gasteiger charge is -2.38. The summed E-state index contributed by atoms with van der Waals surface area (Å²) in [4.78, 5) is 24.9. The van der Waals surface area contributed by atoms with Crippen LogP contribution in [0.5, 0.6) is 0 Å². The number of piperidine rings is 1. The van der Waals surface area contributed by atoms with Crippen LogP contribution in [0.4, 0.5) is 11.4 Å². The fourth-order valence-corrected chi connectivity index (χ4v) is 2.75. The summed E-state index contributed by atoms with van der Waals surface area (Å²) in [5.74, 6) is -0.425. The summed E-state index contributed by atoms with van der Waals surface area (Å²) in [6.45, 7) is 4.22. The van der Waals surface area contributed by atoms with E-state index < -0.39 is 0 Å². The van der Waals surface area contributed by atoms with Crippen LogP contribution in [0, 0.1) is 5.92 Å². The van der Waals surface area contributed by atoms with Gasteiger partial charge in [0.2, 0.25) is 5.91 Å². The van der Waals surface area contributed by atoms with Crippen LogP contribution in [0.2, 0.25) is 0 Å². The Morgan fingerprint density at radius 2 is 2.00 bits per heavy atom. The first-order chi connectivity index (χ1) is 9.40. The largest absolute Gasteiger partial charge is 0.398 e. The third-order valence-corrected chi connectivity index (χ3v) is 4.03. The summed E-state index contributed by atoms with van der Waals surface area (Å²) in [5, 5.41) is 0. The molecule has 4 N–H and O–H groups in total. The Morgan fingerprint density at radius 3 is 2.55 bits per heavy atom. The topological polar surface area (TPSA) is 89.4 Å². The van der Waals surface area contributed by atoms with Crippen LogP contribution in [0.15, 0.2) is 18.2 Å². The van der Waals surface area contributed by atoms with Crippen LogP contribution in [-0.4, -0.2) is 24.3 Å². The van der Waals surface area contributed by atoms with Crippen molar-refractivity contribution in [1.29, 1.82) is 0 Å². The highest BCUT2D eigenvalue weighted by molar-refractivity contribution is 5.99. The molecule has 108 valence electrons. The lowest BCUT2D eigenvalue weighted by atomic mass is 9.92. The normalized spacial score (nSPS) is 22.6. The molecular weight excluding hydrogens is 254 g/mol. The highest BCUT2D eigenvalue weighted by Crippen LogP contribution is 2.30. The molecule has 20 heavy (non-hydrogen) atoms. The van der Waals surface area contributed by atoms with Gasteiger partial charge in [0, 0.05) is 29.5 Å². The number of carbonyl (C=O) groups excluding carboxylic acids is 2. The third kappa shape index (κ3) is 2.76. The number of benzene rings is 1. The Bertz CT molecular complexity index is 542. The van der Waals surface area contributed by atoms with Crippen LogP contribution in [0.25, 0.3) is 0 Å². The van der Waals surface area contributed by atoms with Gasteiger partial charge in [-0.15, -0.1) is 0 Å². The van der Waals surface area contributed by atoms with Gasteiger partial charge < -0.3 is 16.4 Å². The van der Waals surface area contributed by atoms with Gasteiger partial charge in [0.15, 0.2) is 5.78 Å². The number of amides is 1. The Hall–Kier alpha value is -2.04. The molecular formula is C15H21N3O2. The van der Waals surface area contributed by atoms with Crippen molar-refractivity contribution in [1.82, 2.24) is 0 Å². The molecule has 1 amide bonds. The maximum absolute atomic E-state index is 11.4. The number of rotatable bonds is 3. The summed E-state index contributed by atoms with van der Waals surface area (Å²) < 4.78 is 0. The molecule has 0 saturated carbocycles. The van der Waals surface area contributed by atoms with E-state index in [9.17, 15) is 9.59 Å². The maximum atomic E-state index is 11.4. The SMILES string of the molecule is CC(=O)c1ccc(N2CC(C(N)=O)CCC2C)cc1N. The smallest absolute Gasteiger partial charge is 0.222 e. The number of nitrogens with zero attached hydrogens (tertiary/aromatic N) is 1. The van der Waals surface area contributed by atoms with E-state index in [-0.39, 0.29) is 17.6 Å². The quantitative estimate of drug-likeness (QED) is 0.647. The van der Waals surface area contributed by atoms with Gasteiger partial charge in [0.25, 0.3) is 0 Å². The molecule has 0 radical (unpaired) electrons. The molecule has 1 aliphatic rings. The van der Waals surface area contributed by atoms with Gasteiger partial charge in [-0.2, -0.15) is 0 Å². The standard InChI is InChI=1S/C15H21N3O2/c1-9-3-4-11(15(17)20)8-18(9)12-5-6-13(10(2)19)14(16)7-12/h5-7,9,11H,3-4,8,16H2,1-2H3,(H2,17,20). The van der Waals surface area contributed by atoms with Crippen molar-refractivity contribution in [3.63, 3.8) is 0 Å². The number of Topliss-reactive ketones (excluding diaryl/α,β-unsaturated/α-hetero) is 1. The molecule has 1 aromatic carbocycles. The number of primary amides is 1. The van der Waals surface area contributed by atoms with E-state index in [1.165, 1.54) is 6.92 Å². The van der Waals surface area contributed by atoms with Crippen molar-refractivity contribution in [2.75, 3.05) is 17.2 Å². The van der Waals surface area contributed by atoms with Crippen molar-refractivity contribution in [2.45, 2.75) is 32.7 Å². The minimum absolute atomic E-state index is 0.0456. The highest BCUT2D eigenvalue weighted by atomic mass is 16.1. The molecule has 5 nitrogen and oxygen atoms in total. The van der Waals surface area contributed by atoms with E-state index in [0.29, 0.717) is 23.8 Å². The van der Waals surface area contributed by atoms with Gasteiger partial charge in [-0.3, -0.25) is 9.59 Å². The van der Waals surface area contributed by atoms with Crippen molar-refractivity contribution in [2.24, 2.45) is 11.7 Å². The zero-order valence-electron chi connectivity index (χ0n) is 11.9. The Balaban J connectivity index is 2.27. The molecule has 0 bridgehead atoms. The van der Waals surface area contributed by atoms with Gasteiger partial charge in [-0.25, -0.2) is 0 Å². The molecule has 1 saturated heterocycles. The van der Waals surface area contributed by atoms with Gasteiger partial charge >= 0.3 is 0 Å². The second-order valence-corrected chi connectivity index (χ2v) is 5.51. The predicted octanol–water partition coefficient (Wildman–Crippen LogP) is 1.56. The molecule has 2 unspecified atom stereocenters. The first-order valence-electron chi connectivity index (χ1n) is 6.86. The van der Waals surface area contributed by atoms with E-state index in [2.05, 4.69) is 11.8 Å². The van der Waals surface area contributed by atoms with E-state index in [1.54, 1.807) is 12.1 Å². The van der Waals surface area contributed by atoms with Crippen molar-refractivity contribution in [3.05, 3.63) is 23.8 Å². The average Bonchev–Trinajstić information content (AvgIpc) is 2.38. The second kappa shape index (κ2) is 5.53. The molecule has 5 heteroatoms. The van der Waals surface area contributed by atoms with Crippen molar-refractivity contribution < 1.29 is 9.59 Å². The molecule has 0 aliphatic carbocycles. The minimum atomic E-state index is -0.254. The fourth-order valence-electron chi connectivity index (χ4n) is 2.75. The molecule has 2 rings (SSSR count). The van der Waals surface area contributed by atoms with Crippen LogP contribution in [-0.2, 0) is 4.79 Å². The number of hydrogen-bond acceptors (Lipinski definition) is 4. The van der Waals surface area contributed by atoms with E-state index in [1.807, 2.05) is 6.07 Å². The lowest BCUT2D eigenvalue weighted by Crippen LogP contribution is -2.45. The Morgan fingerprint density at radius 1 is 1.30 bits per heavy atom. The Kier molecular flexibility index (Phi) is 3.97. The zero-order chi connectivity index (χ0) is 14.9. The molecule has 2 atom stereocenters. The van der Waals surface area contributed by atoms with Crippen LogP contribution in [0.1, 0.15) is 37.0 Å². The van der Waals surface area contributed by atoms with Crippen LogP contribution >= 0.6 is 0 Å². The first-order valence-corrected chi connectivity index (χ1v) is 6.86. The van der Waals surface area contributed by atoms with Crippen LogP contribution in [0.3, 0.4) is 0 Å². The molecule has 0 spiro atoms. The van der Waals surface area contributed by atoms with Gasteiger partial charge in [0.05, 0.1) is 5.92 Å². The molecule has 1 fully saturated rings. The summed E-state index contributed by atoms with van der Waals surface area (Å²) in [6.07, 6.45) is 1.75. The number of nitrogens with two attached hydrogens (primary N) is 2. The summed E-state index contributed by atoms with van der Waals surface area (Å²) in [5.41, 5.74) is 13.3. The summed E-state index contributed by atoms with van der Waals surface area (Å²) in [7, 11) is 0. The number of anilines is 2. The van der Waals surface area contributed by atoms with Crippen molar-refractivity contribution in [3.8, 4) is 0 Å². The average molecular weight is 275 g/mol. The molecule has 1 aliphatic heterocycles. The van der Waals surface area contributed by atoms with Crippen molar-refractivity contribution >= 4 is 23.1 Å². The van der Waals surface area contributed by atoms with E-state index in [0.717, 1.165) is 18.5 Å². The van der Waals surface area contributed by atoms with Gasteiger partial charge in [0.1, 0.15) is 0 Å². The number of hydrogen-bond donors (Lipinski definition) is 2. The van der Waals surface area contributed by atoms with E-state index in [4.69, 9.17) is 11.5 Å². The number of ketones is 1. The molecule has 0 aromatic heterocycles. The third-order valence-electron chi connectivity index (χ3n) is 4.03. The highest BCUT2D eigenvalue weighted by Gasteiger charge is 2.29. The Labute approximate surface area is 118 Å². The monoisotopic (exact) mass is 275 g/mol.